The van der Waals surface area contributed by atoms with Gasteiger partial charge >= 0.3 is 0 Å². The van der Waals surface area contributed by atoms with E-state index in [9.17, 15) is 0 Å². The van der Waals surface area contributed by atoms with Gasteiger partial charge in [0.05, 0.1) is 17.8 Å². The summed E-state index contributed by atoms with van der Waals surface area (Å²) in [6.45, 7) is 2.75. The summed E-state index contributed by atoms with van der Waals surface area (Å²) in [5.41, 5.74) is 4.41. The first-order chi connectivity index (χ1) is 9.65. The molecule has 0 aliphatic carbocycles. The van der Waals surface area contributed by atoms with Gasteiger partial charge in [0.25, 0.3) is 0 Å². The van der Waals surface area contributed by atoms with Crippen molar-refractivity contribution in [2.24, 2.45) is 7.05 Å². The van der Waals surface area contributed by atoms with Crippen LogP contribution in [-0.4, -0.2) is 9.78 Å². The van der Waals surface area contributed by atoms with Crippen LogP contribution in [0.2, 0.25) is 5.02 Å². The van der Waals surface area contributed by atoms with Crippen molar-refractivity contribution >= 4 is 28.2 Å². The third-order valence-corrected chi connectivity index (χ3v) is 3.72. The van der Waals surface area contributed by atoms with Crippen LogP contribution in [0.5, 0.6) is 0 Å². The van der Waals surface area contributed by atoms with E-state index in [1.807, 2.05) is 42.1 Å². The fourth-order valence-electron chi connectivity index (χ4n) is 2.38. The number of nitrogens with zero attached hydrogens (tertiary/aromatic N) is 2. The Morgan fingerprint density at radius 2 is 2.00 bits per heavy atom. The van der Waals surface area contributed by atoms with Crippen LogP contribution in [-0.2, 0) is 13.6 Å². The lowest BCUT2D eigenvalue weighted by Crippen LogP contribution is -2.02. The average Bonchev–Trinajstić information content (AvgIpc) is 2.77. The molecule has 0 saturated heterocycles. The van der Waals surface area contributed by atoms with Gasteiger partial charge in [-0.3, -0.25) is 4.68 Å². The summed E-state index contributed by atoms with van der Waals surface area (Å²) < 4.78 is 1.91. The van der Waals surface area contributed by atoms with Gasteiger partial charge in [0.15, 0.2) is 0 Å². The van der Waals surface area contributed by atoms with E-state index in [1.54, 1.807) is 0 Å². The summed E-state index contributed by atoms with van der Waals surface area (Å²) in [6.07, 6.45) is 0. The summed E-state index contributed by atoms with van der Waals surface area (Å²) in [5.74, 6) is 0. The molecule has 3 nitrogen and oxygen atoms in total. The zero-order valence-electron chi connectivity index (χ0n) is 11.5. The molecular formula is C16H16ClN3. The predicted octanol–water partition coefficient (Wildman–Crippen LogP) is 4.15. The van der Waals surface area contributed by atoms with E-state index in [1.165, 1.54) is 10.9 Å². The third-order valence-electron chi connectivity index (χ3n) is 3.48. The van der Waals surface area contributed by atoms with Gasteiger partial charge < -0.3 is 5.32 Å². The molecule has 0 amide bonds. The Morgan fingerprint density at radius 1 is 1.20 bits per heavy atom. The van der Waals surface area contributed by atoms with E-state index >= 15 is 0 Å². The van der Waals surface area contributed by atoms with Gasteiger partial charge in [-0.25, -0.2) is 0 Å². The Morgan fingerprint density at radius 3 is 2.85 bits per heavy atom. The molecule has 3 rings (SSSR count). The van der Waals surface area contributed by atoms with Crippen LogP contribution in [0.1, 0.15) is 11.3 Å². The Labute approximate surface area is 123 Å². The molecule has 1 aromatic heterocycles. The summed E-state index contributed by atoms with van der Waals surface area (Å²) >= 11 is 6.04. The molecule has 0 saturated carbocycles. The molecule has 0 radical (unpaired) electrons. The molecule has 102 valence electrons. The highest BCUT2D eigenvalue weighted by Crippen LogP contribution is 2.22. The van der Waals surface area contributed by atoms with Gasteiger partial charge in [-0.2, -0.15) is 5.10 Å². The first kappa shape index (κ1) is 13.0. The van der Waals surface area contributed by atoms with Gasteiger partial charge in [0.2, 0.25) is 0 Å². The first-order valence-corrected chi connectivity index (χ1v) is 6.93. The van der Waals surface area contributed by atoms with Gasteiger partial charge in [-0.15, -0.1) is 0 Å². The second-order valence-corrected chi connectivity index (χ2v) is 5.34. The maximum Gasteiger partial charge on any atom is 0.0894 e. The zero-order valence-corrected chi connectivity index (χ0v) is 12.3. The van der Waals surface area contributed by atoms with Crippen molar-refractivity contribution in [2.75, 3.05) is 5.32 Å². The van der Waals surface area contributed by atoms with Crippen molar-refractivity contribution in [3.63, 3.8) is 0 Å². The lowest BCUT2D eigenvalue weighted by Gasteiger charge is -2.08. The minimum atomic E-state index is 0.683. The molecule has 0 spiro atoms. The number of nitrogens with one attached hydrogen (secondary N) is 1. The Balaban J connectivity index is 1.89. The molecule has 20 heavy (non-hydrogen) atoms. The number of hydrogen-bond donors (Lipinski definition) is 1. The van der Waals surface area contributed by atoms with Crippen LogP contribution in [0.4, 0.5) is 5.69 Å². The second kappa shape index (κ2) is 5.17. The molecule has 0 aliphatic heterocycles. The van der Waals surface area contributed by atoms with Crippen LogP contribution in [0.25, 0.3) is 10.9 Å². The molecule has 3 aromatic rings. The maximum atomic E-state index is 6.04. The topological polar surface area (TPSA) is 29.9 Å². The first-order valence-electron chi connectivity index (χ1n) is 6.56. The SMILES string of the molecule is Cc1ccc(Cl)cc1NCc1nn(C)c2ccccc12. The van der Waals surface area contributed by atoms with E-state index in [2.05, 4.69) is 29.5 Å². The van der Waals surface area contributed by atoms with Gasteiger partial charge in [0.1, 0.15) is 0 Å². The fourth-order valence-corrected chi connectivity index (χ4v) is 2.55. The predicted molar refractivity (Wildman–Crippen MR) is 84.2 cm³/mol. The molecule has 0 bridgehead atoms. The molecule has 1 N–H and O–H groups in total. The number of fused-ring (bicyclic) bond motifs is 1. The highest BCUT2D eigenvalue weighted by Gasteiger charge is 2.08. The molecule has 0 aliphatic rings. The number of aryl methyl sites for hydroxylation is 2. The average molecular weight is 286 g/mol. The van der Waals surface area contributed by atoms with Crippen LogP contribution in [0.3, 0.4) is 0 Å². The molecular weight excluding hydrogens is 270 g/mol. The quantitative estimate of drug-likeness (QED) is 0.783. The van der Waals surface area contributed by atoms with Crippen molar-refractivity contribution in [1.29, 1.82) is 0 Å². The summed E-state index contributed by atoms with van der Waals surface area (Å²) in [6, 6.07) is 14.1. The minimum Gasteiger partial charge on any atom is -0.379 e. The van der Waals surface area contributed by atoms with Crippen molar-refractivity contribution in [3.05, 3.63) is 58.7 Å². The summed E-state index contributed by atoms with van der Waals surface area (Å²) in [7, 11) is 1.97. The molecule has 2 aromatic carbocycles. The van der Waals surface area contributed by atoms with Crippen LogP contribution in [0.15, 0.2) is 42.5 Å². The maximum absolute atomic E-state index is 6.04. The normalized spacial score (nSPS) is 10.9. The van der Waals surface area contributed by atoms with Crippen molar-refractivity contribution in [1.82, 2.24) is 9.78 Å². The monoisotopic (exact) mass is 285 g/mol. The Hall–Kier alpha value is -2.00. The highest BCUT2D eigenvalue weighted by molar-refractivity contribution is 6.30. The Bertz CT molecular complexity index is 762. The van der Waals surface area contributed by atoms with Crippen LogP contribution < -0.4 is 5.32 Å². The van der Waals surface area contributed by atoms with Gasteiger partial charge in [-0.05, 0) is 30.7 Å². The van der Waals surface area contributed by atoms with Crippen molar-refractivity contribution in [3.8, 4) is 0 Å². The van der Waals surface area contributed by atoms with E-state index in [-0.39, 0.29) is 0 Å². The largest absolute Gasteiger partial charge is 0.379 e. The summed E-state index contributed by atoms with van der Waals surface area (Å²) in [4.78, 5) is 0. The number of aromatic nitrogens is 2. The number of halogens is 1. The molecule has 0 atom stereocenters. The number of hydrogen-bond acceptors (Lipinski definition) is 2. The molecule has 0 fully saturated rings. The number of rotatable bonds is 3. The molecule has 4 heteroatoms. The smallest absolute Gasteiger partial charge is 0.0894 e. The fraction of sp³-hybridized carbons (Fsp3) is 0.188. The number of para-hydroxylation sites is 1. The van der Waals surface area contributed by atoms with Crippen molar-refractivity contribution in [2.45, 2.75) is 13.5 Å². The van der Waals surface area contributed by atoms with Crippen molar-refractivity contribution < 1.29 is 0 Å². The summed E-state index contributed by atoms with van der Waals surface area (Å²) in [5, 5.41) is 9.92. The van der Waals surface area contributed by atoms with Gasteiger partial charge in [-0.1, -0.05) is 35.9 Å². The van der Waals surface area contributed by atoms with E-state index in [0.717, 1.165) is 21.9 Å². The molecule has 1 heterocycles. The molecule has 0 unspecified atom stereocenters. The van der Waals surface area contributed by atoms with Crippen LogP contribution >= 0.6 is 11.6 Å². The van der Waals surface area contributed by atoms with E-state index in [0.29, 0.717) is 6.54 Å². The minimum absolute atomic E-state index is 0.683. The number of benzene rings is 2. The standard InChI is InChI=1S/C16H16ClN3/c1-11-7-8-12(17)9-14(11)18-10-15-13-5-3-4-6-16(13)20(2)19-15/h3-9,18H,10H2,1-2H3. The highest BCUT2D eigenvalue weighted by atomic mass is 35.5. The Kier molecular flexibility index (Phi) is 3.36. The number of anilines is 1. The van der Waals surface area contributed by atoms with Gasteiger partial charge in [0, 0.05) is 23.1 Å². The second-order valence-electron chi connectivity index (χ2n) is 4.90. The lowest BCUT2D eigenvalue weighted by molar-refractivity contribution is 0.771. The van der Waals surface area contributed by atoms with E-state index < -0.39 is 0 Å². The van der Waals surface area contributed by atoms with E-state index in [4.69, 9.17) is 11.6 Å². The third kappa shape index (κ3) is 2.37. The van der Waals surface area contributed by atoms with Crippen LogP contribution in [0, 0.1) is 6.92 Å². The lowest BCUT2D eigenvalue weighted by atomic mass is 10.2. The zero-order chi connectivity index (χ0) is 14.1.